The van der Waals surface area contributed by atoms with Gasteiger partial charge in [0.25, 0.3) is 0 Å². The van der Waals surface area contributed by atoms with Crippen LogP contribution in [0.4, 0.5) is 4.79 Å². The van der Waals surface area contributed by atoms with Gasteiger partial charge in [0.05, 0.1) is 6.61 Å². The van der Waals surface area contributed by atoms with Crippen LogP contribution in [0.1, 0.15) is 33.1 Å². The van der Waals surface area contributed by atoms with Crippen LogP contribution < -0.4 is 5.32 Å². The zero-order chi connectivity index (χ0) is 11.1. The molecule has 1 aliphatic heterocycles. The number of piperidine rings is 1. The fourth-order valence-electron chi connectivity index (χ4n) is 1.99. The first-order chi connectivity index (χ1) is 7.29. The van der Waals surface area contributed by atoms with Crippen molar-refractivity contribution >= 4 is 6.09 Å². The predicted octanol–water partition coefficient (Wildman–Crippen LogP) is 1.61. The minimum Gasteiger partial charge on any atom is -0.450 e. The van der Waals surface area contributed by atoms with E-state index in [1.165, 1.54) is 0 Å². The van der Waals surface area contributed by atoms with Gasteiger partial charge >= 0.3 is 6.09 Å². The van der Waals surface area contributed by atoms with Crippen molar-refractivity contribution in [3.05, 3.63) is 0 Å². The molecule has 1 saturated heterocycles. The molecule has 15 heavy (non-hydrogen) atoms. The Labute approximate surface area is 92.0 Å². The summed E-state index contributed by atoms with van der Waals surface area (Å²) in [5, 5.41) is 3.30. The van der Waals surface area contributed by atoms with E-state index in [-0.39, 0.29) is 6.09 Å². The highest BCUT2D eigenvalue weighted by Gasteiger charge is 2.25. The topological polar surface area (TPSA) is 41.6 Å². The van der Waals surface area contributed by atoms with Crippen LogP contribution in [-0.2, 0) is 4.74 Å². The minimum absolute atomic E-state index is 0.147. The molecule has 1 aliphatic rings. The number of hydrogen-bond acceptors (Lipinski definition) is 3. The Bertz CT molecular complexity index is 191. The Morgan fingerprint density at radius 1 is 1.40 bits per heavy atom. The van der Waals surface area contributed by atoms with E-state index in [0.29, 0.717) is 12.6 Å². The van der Waals surface area contributed by atoms with Crippen molar-refractivity contribution in [2.24, 2.45) is 0 Å². The third-order valence-corrected chi connectivity index (χ3v) is 2.72. The van der Waals surface area contributed by atoms with Crippen LogP contribution in [-0.4, -0.2) is 43.3 Å². The molecule has 88 valence electrons. The fraction of sp³-hybridized carbons (Fsp3) is 0.909. The second-order valence-electron chi connectivity index (χ2n) is 3.87. The highest BCUT2D eigenvalue weighted by molar-refractivity contribution is 5.68. The van der Waals surface area contributed by atoms with Crippen molar-refractivity contribution in [3.63, 3.8) is 0 Å². The third-order valence-electron chi connectivity index (χ3n) is 2.72. The SMILES string of the molecule is CCCN(C(=O)OCC)C1CCNCC1. The fourth-order valence-corrected chi connectivity index (χ4v) is 1.99. The number of nitrogens with one attached hydrogen (secondary N) is 1. The Hall–Kier alpha value is -0.770. The first-order valence-electron chi connectivity index (χ1n) is 5.93. The average molecular weight is 214 g/mol. The second kappa shape index (κ2) is 6.67. The molecule has 4 heteroatoms. The lowest BCUT2D eigenvalue weighted by Crippen LogP contribution is -2.46. The minimum atomic E-state index is -0.147. The zero-order valence-electron chi connectivity index (χ0n) is 9.79. The van der Waals surface area contributed by atoms with Gasteiger partial charge in [-0.05, 0) is 39.3 Å². The number of carbonyl (C=O) groups excluding carboxylic acids is 1. The van der Waals surface area contributed by atoms with Crippen LogP contribution in [0.15, 0.2) is 0 Å². The normalized spacial score (nSPS) is 17.5. The van der Waals surface area contributed by atoms with Gasteiger partial charge in [0.2, 0.25) is 0 Å². The van der Waals surface area contributed by atoms with Gasteiger partial charge < -0.3 is 15.0 Å². The molecule has 0 unspecified atom stereocenters. The van der Waals surface area contributed by atoms with Gasteiger partial charge in [-0.15, -0.1) is 0 Å². The summed E-state index contributed by atoms with van der Waals surface area (Å²) in [6, 6.07) is 0.366. The summed E-state index contributed by atoms with van der Waals surface area (Å²) in [5.41, 5.74) is 0. The standard InChI is InChI=1S/C11H22N2O2/c1-3-9-13(11(14)15-4-2)10-5-7-12-8-6-10/h10,12H,3-9H2,1-2H3. The summed E-state index contributed by atoms with van der Waals surface area (Å²) < 4.78 is 5.08. The summed E-state index contributed by atoms with van der Waals surface area (Å²) in [7, 11) is 0. The zero-order valence-corrected chi connectivity index (χ0v) is 9.79. The maximum absolute atomic E-state index is 11.7. The molecule has 4 nitrogen and oxygen atoms in total. The number of rotatable bonds is 4. The van der Waals surface area contributed by atoms with Crippen LogP contribution in [0.2, 0.25) is 0 Å². The van der Waals surface area contributed by atoms with Gasteiger partial charge in [-0.25, -0.2) is 4.79 Å². The molecular formula is C11H22N2O2. The van der Waals surface area contributed by atoms with Crippen LogP contribution in [0.5, 0.6) is 0 Å². The summed E-state index contributed by atoms with van der Waals surface area (Å²) in [6.45, 7) is 7.22. The van der Waals surface area contributed by atoms with Gasteiger partial charge in [0.15, 0.2) is 0 Å². The van der Waals surface area contributed by atoms with Gasteiger partial charge in [-0.3, -0.25) is 0 Å². The quantitative estimate of drug-likeness (QED) is 0.773. The molecule has 1 fully saturated rings. The lowest BCUT2D eigenvalue weighted by Gasteiger charge is -2.33. The molecule has 0 aromatic heterocycles. The van der Waals surface area contributed by atoms with E-state index in [2.05, 4.69) is 12.2 Å². The number of ether oxygens (including phenoxy) is 1. The molecule has 1 heterocycles. The average Bonchev–Trinajstić information content (AvgIpc) is 2.27. The molecule has 0 aromatic rings. The van der Waals surface area contributed by atoms with Crippen molar-refractivity contribution in [2.75, 3.05) is 26.2 Å². The second-order valence-corrected chi connectivity index (χ2v) is 3.87. The molecule has 0 aliphatic carbocycles. The molecule has 0 radical (unpaired) electrons. The maximum Gasteiger partial charge on any atom is 0.409 e. The van der Waals surface area contributed by atoms with Crippen molar-refractivity contribution in [3.8, 4) is 0 Å². The summed E-state index contributed by atoms with van der Waals surface area (Å²) in [5.74, 6) is 0. The first kappa shape index (κ1) is 12.3. The van der Waals surface area contributed by atoms with Crippen molar-refractivity contribution in [2.45, 2.75) is 39.2 Å². The van der Waals surface area contributed by atoms with E-state index < -0.39 is 0 Å². The molecule has 0 atom stereocenters. The summed E-state index contributed by atoms with van der Waals surface area (Å²) in [4.78, 5) is 13.6. The lowest BCUT2D eigenvalue weighted by molar-refractivity contribution is 0.0825. The highest BCUT2D eigenvalue weighted by atomic mass is 16.6. The van der Waals surface area contributed by atoms with E-state index in [9.17, 15) is 4.79 Å². The molecular weight excluding hydrogens is 192 g/mol. The van der Waals surface area contributed by atoms with Crippen molar-refractivity contribution in [1.82, 2.24) is 10.2 Å². The Morgan fingerprint density at radius 2 is 2.07 bits per heavy atom. The largest absolute Gasteiger partial charge is 0.450 e. The van der Waals surface area contributed by atoms with Crippen LogP contribution in [0.25, 0.3) is 0 Å². The van der Waals surface area contributed by atoms with Crippen molar-refractivity contribution in [1.29, 1.82) is 0 Å². The number of carbonyl (C=O) groups is 1. The van der Waals surface area contributed by atoms with Gasteiger partial charge in [0.1, 0.15) is 0 Å². The van der Waals surface area contributed by atoms with Crippen LogP contribution in [0, 0.1) is 0 Å². The molecule has 0 bridgehead atoms. The van der Waals surface area contributed by atoms with E-state index >= 15 is 0 Å². The summed E-state index contributed by atoms with van der Waals surface area (Å²) >= 11 is 0. The molecule has 1 rings (SSSR count). The number of nitrogens with zero attached hydrogens (tertiary/aromatic N) is 1. The van der Waals surface area contributed by atoms with Gasteiger partial charge in [-0.1, -0.05) is 6.92 Å². The van der Waals surface area contributed by atoms with Crippen LogP contribution >= 0.6 is 0 Å². The first-order valence-corrected chi connectivity index (χ1v) is 5.93. The monoisotopic (exact) mass is 214 g/mol. The van der Waals surface area contributed by atoms with Gasteiger partial charge in [0, 0.05) is 12.6 Å². The molecule has 0 aromatic carbocycles. The molecule has 0 spiro atoms. The van der Waals surface area contributed by atoms with E-state index in [1.54, 1.807) is 0 Å². The Kier molecular flexibility index (Phi) is 5.47. The predicted molar refractivity (Wildman–Crippen MR) is 59.9 cm³/mol. The van der Waals surface area contributed by atoms with Crippen molar-refractivity contribution < 1.29 is 9.53 Å². The molecule has 1 amide bonds. The summed E-state index contributed by atoms with van der Waals surface area (Å²) in [6.07, 6.45) is 2.92. The maximum atomic E-state index is 11.7. The van der Waals surface area contributed by atoms with Crippen LogP contribution in [0.3, 0.4) is 0 Å². The third kappa shape index (κ3) is 3.70. The Balaban J connectivity index is 2.50. The number of hydrogen-bond donors (Lipinski definition) is 1. The molecule has 1 N–H and O–H groups in total. The van der Waals surface area contributed by atoms with Gasteiger partial charge in [-0.2, -0.15) is 0 Å². The smallest absolute Gasteiger partial charge is 0.409 e. The van der Waals surface area contributed by atoms with E-state index in [4.69, 9.17) is 4.74 Å². The van der Waals surface area contributed by atoms with E-state index in [1.807, 2.05) is 11.8 Å². The Morgan fingerprint density at radius 3 is 2.60 bits per heavy atom. The highest BCUT2D eigenvalue weighted by Crippen LogP contribution is 2.13. The number of amides is 1. The molecule has 0 saturated carbocycles. The lowest BCUT2D eigenvalue weighted by atomic mass is 10.1. The van der Waals surface area contributed by atoms with E-state index in [0.717, 1.165) is 38.9 Å².